The van der Waals surface area contributed by atoms with E-state index in [-0.39, 0.29) is 12.2 Å². The third-order valence-corrected chi connectivity index (χ3v) is 3.76. The van der Waals surface area contributed by atoms with E-state index in [1.54, 1.807) is 0 Å². The van der Waals surface area contributed by atoms with Crippen LogP contribution >= 0.6 is 0 Å². The van der Waals surface area contributed by atoms with Crippen molar-refractivity contribution in [1.82, 2.24) is 0 Å². The number of aliphatic hydroxyl groups excluding tert-OH is 1. The standard InChI is InChI=1S/C15H22O2/c1-4-11(5-2)15(16)12-6-7-14-13(9-12)8-10(3)17-14/h6-7,9-11,15-16H,4-5,8H2,1-3H3. The lowest BCUT2D eigenvalue weighted by Gasteiger charge is -2.20. The van der Waals surface area contributed by atoms with Crippen molar-refractivity contribution < 1.29 is 9.84 Å². The van der Waals surface area contributed by atoms with E-state index in [0.717, 1.165) is 30.6 Å². The van der Waals surface area contributed by atoms with E-state index in [2.05, 4.69) is 26.8 Å². The molecule has 0 aromatic heterocycles. The van der Waals surface area contributed by atoms with Gasteiger partial charge < -0.3 is 9.84 Å². The molecule has 0 saturated carbocycles. The maximum atomic E-state index is 10.3. The van der Waals surface area contributed by atoms with Gasteiger partial charge in [-0.15, -0.1) is 0 Å². The van der Waals surface area contributed by atoms with Crippen LogP contribution in [0.2, 0.25) is 0 Å². The zero-order chi connectivity index (χ0) is 12.4. The zero-order valence-electron chi connectivity index (χ0n) is 10.9. The zero-order valence-corrected chi connectivity index (χ0v) is 10.9. The molecule has 2 rings (SSSR count). The Morgan fingerprint density at radius 2 is 2.06 bits per heavy atom. The molecule has 1 aliphatic rings. The maximum absolute atomic E-state index is 10.3. The van der Waals surface area contributed by atoms with Crippen LogP contribution in [0, 0.1) is 5.92 Å². The highest BCUT2D eigenvalue weighted by Gasteiger charge is 2.22. The van der Waals surface area contributed by atoms with Gasteiger partial charge in [0.2, 0.25) is 0 Å². The molecule has 0 amide bonds. The van der Waals surface area contributed by atoms with Gasteiger partial charge in [0.05, 0.1) is 6.10 Å². The second-order valence-electron chi connectivity index (χ2n) is 5.02. The Hall–Kier alpha value is -1.02. The van der Waals surface area contributed by atoms with Crippen LogP contribution < -0.4 is 4.74 Å². The summed E-state index contributed by atoms with van der Waals surface area (Å²) in [7, 11) is 0. The molecule has 0 radical (unpaired) electrons. The summed E-state index contributed by atoms with van der Waals surface area (Å²) in [6.07, 6.45) is 2.92. The van der Waals surface area contributed by atoms with Gasteiger partial charge in [-0.3, -0.25) is 0 Å². The number of hydrogen-bond acceptors (Lipinski definition) is 2. The third-order valence-electron chi connectivity index (χ3n) is 3.76. The van der Waals surface area contributed by atoms with Crippen LogP contribution in [0.25, 0.3) is 0 Å². The molecule has 0 aliphatic carbocycles. The number of ether oxygens (including phenoxy) is 1. The maximum Gasteiger partial charge on any atom is 0.123 e. The second-order valence-corrected chi connectivity index (χ2v) is 5.02. The van der Waals surface area contributed by atoms with Crippen molar-refractivity contribution in [2.75, 3.05) is 0 Å². The summed E-state index contributed by atoms with van der Waals surface area (Å²) in [5.41, 5.74) is 2.27. The first-order valence-electron chi connectivity index (χ1n) is 6.63. The Labute approximate surface area is 104 Å². The van der Waals surface area contributed by atoms with Gasteiger partial charge in [-0.2, -0.15) is 0 Å². The van der Waals surface area contributed by atoms with E-state index in [0.29, 0.717) is 5.92 Å². The number of rotatable bonds is 4. The lowest BCUT2D eigenvalue weighted by Crippen LogP contribution is -2.11. The van der Waals surface area contributed by atoms with Crippen molar-refractivity contribution in [3.05, 3.63) is 29.3 Å². The predicted octanol–water partition coefficient (Wildman–Crippen LogP) is 3.48. The Balaban J connectivity index is 2.20. The molecule has 2 unspecified atom stereocenters. The van der Waals surface area contributed by atoms with Crippen molar-refractivity contribution in [1.29, 1.82) is 0 Å². The third kappa shape index (κ3) is 2.47. The Bertz CT molecular complexity index is 383. The molecule has 1 heterocycles. The molecular formula is C15H22O2. The molecule has 1 aliphatic heterocycles. The van der Waals surface area contributed by atoms with E-state index in [1.165, 1.54) is 5.56 Å². The number of fused-ring (bicyclic) bond motifs is 1. The monoisotopic (exact) mass is 234 g/mol. The average Bonchev–Trinajstić information content (AvgIpc) is 2.69. The van der Waals surface area contributed by atoms with Crippen LogP contribution in [0.5, 0.6) is 5.75 Å². The van der Waals surface area contributed by atoms with Crippen LogP contribution in [0.15, 0.2) is 18.2 Å². The number of aliphatic hydroxyl groups is 1. The Kier molecular flexibility index (Phi) is 3.72. The van der Waals surface area contributed by atoms with E-state index in [4.69, 9.17) is 4.74 Å². The highest BCUT2D eigenvalue weighted by Crippen LogP contribution is 2.34. The van der Waals surface area contributed by atoms with E-state index < -0.39 is 0 Å². The average molecular weight is 234 g/mol. The van der Waals surface area contributed by atoms with Crippen LogP contribution in [0.3, 0.4) is 0 Å². The highest BCUT2D eigenvalue weighted by atomic mass is 16.5. The summed E-state index contributed by atoms with van der Waals surface area (Å²) in [5, 5.41) is 10.3. The van der Waals surface area contributed by atoms with Gasteiger partial charge in [0.25, 0.3) is 0 Å². The van der Waals surface area contributed by atoms with E-state index in [9.17, 15) is 5.11 Å². The summed E-state index contributed by atoms with van der Waals surface area (Å²) in [4.78, 5) is 0. The molecule has 0 spiro atoms. The van der Waals surface area contributed by atoms with Crippen molar-refractivity contribution in [3.8, 4) is 5.75 Å². The molecule has 1 N–H and O–H groups in total. The Morgan fingerprint density at radius 3 is 2.71 bits per heavy atom. The van der Waals surface area contributed by atoms with Gasteiger partial charge in [0.1, 0.15) is 11.9 Å². The smallest absolute Gasteiger partial charge is 0.123 e. The SMILES string of the molecule is CCC(CC)C(O)c1ccc2c(c1)CC(C)O2. The quantitative estimate of drug-likeness (QED) is 0.864. The second kappa shape index (κ2) is 5.09. The molecule has 17 heavy (non-hydrogen) atoms. The van der Waals surface area contributed by atoms with Crippen LogP contribution in [-0.4, -0.2) is 11.2 Å². The van der Waals surface area contributed by atoms with E-state index in [1.807, 2.05) is 12.1 Å². The first-order valence-corrected chi connectivity index (χ1v) is 6.63. The van der Waals surface area contributed by atoms with Gasteiger partial charge >= 0.3 is 0 Å². The largest absolute Gasteiger partial charge is 0.490 e. The molecule has 0 bridgehead atoms. The normalized spacial score (nSPS) is 20.2. The first-order chi connectivity index (χ1) is 8.15. The Morgan fingerprint density at radius 1 is 1.35 bits per heavy atom. The molecule has 1 aromatic rings. The van der Waals surface area contributed by atoms with E-state index >= 15 is 0 Å². The molecule has 1 aromatic carbocycles. The number of benzene rings is 1. The topological polar surface area (TPSA) is 29.5 Å². The van der Waals surface area contributed by atoms with Crippen molar-refractivity contribution in [2.24, 2.45) is 5.92 Å². The van der Waals surface area contributed by atoms with Crippen LogP contribution in [0.4, 0.5) is 0 Å². The minimum atomic E-state index is -0.341. The number of hydrogen-bond donors (Lipinski definition) is 1. The predicted molar refractivity (Wildman–Crippen MR) is 69.3 cm³/mol. The summed E-state index contributed by atoms with van der Waals surface area (Å²) in [6, 6.07) is 6.11. The van der Waals surface area contributed by atoms with Crippen molar-refractivity contribution in [3.63, 3.8) is 0 Å². The fourth-order valence-electron chi connectivity index (χ4n) is 2.63. The fraction of sp³-hybridized carbons (Fsp3) is 0.600. The van der Waals surface area contributed by atoms with Gasteiger partial charge in [0.15, 0.2) is 0 Å². The van der Waals surface area contributed by atoms with Crippen molar-refractivity contribution in [2.45, 2.75) is 52.2 Å². The molecule has 2 nitrogen and oxygen atoms in total. The molecule has 94 valence electrons. The molecule has 2 heteroatoms. The first kappa shape index (κ1) is 12.4. The summed E-state index contributed by atoms with van der Waals surface area (Å²) in [5.74, 6) is 1.34. The van der Waals surface area contributed by atoms with Gasteiger partial charge in [-0.1, -0.05) is 32.8 Å². The highest BCUT2D eigenvalue weighted by molar-refractivity contribution is 5.41. The van der Waals surface area contributed by atoms with Gasteiger partial charge in [-0.25, -0.2) is 0 Å². The molecular weight excluding hydrogens is 212 g/mol. The minimum Gasteiger partial charge on any atom is -0.490 e. The van der Waals surface area contributed by atoms with Crippen LogP contribution in [-0.2, 0) is 6.42 Å². The minimum absolute atomic E-state index is 0.269. The molecule has 2 atom stereocenters. The molecule has 0 saturated heterocycles. The fourth-order valence-corrected chi connectivity index (χ4v) is 2.63. The van der Waals surface area contributed by atoms with Crippen LogP contribution in [0.1, 0.15) is 50.8 Å². The van der Waals surface area contributed by atoms with Gasteiger partial charge in [0, 0.05) is 6.42 Å². The summed E-state index contributed by atoms with van der Waals surface area (Å²) < 4.78 is 5.67. The lowest BCUT2D eigenvalue weighted by molar-refractivity contribution is 0.103. The van der Waals surface area contributed by atoms with Gasteiger partial charge in [-0.05, 0) is 36.1 Å². The lowest BCUT2D eigenvalue weighted by atomic mass is 9.90. The summed E-state index contributed by atoms with van der Waals surface area (Å²) in [6.45, 7) is 6.35. The van der Waals surface area contributed by atoms with Crippen molar-refractivity contribution >= 4 is 0 Å². The molecule has 0 fully saturated rings. The summed E-state index contributed by atoms with van der Waals surface area (Å²) >= 11 is 0.